The molecule has 0 aliphatic rings. The number of ether oxygens (including phenoxy) is 1. The number of aromatic amines is 1. The average Bonchev–Trinajstić information content (AvgIpc) is 3.28. The first-order valence-electron chi connectivity index (χ1n) is 12.1. The van der Waals surface area contributed by atoms with E-state index in [1.165, 1.54) is 0 Å². The van der Waals surface area contributed by atoms with Crippen LogP contribution in [0.25, 0.3) is 10.9 Å². The third-order valence-electron chi connectivity index (χ3n) is 6.40. The molecular weight excluding hydrogens is 432 g/mol. The van der Waals surface area contributed by atoms with Crippen molar-refractivity contribution >= 4 is 10.9 Å². The van der Waals surface area contributed by atoms with Crippen LogP contribution in [0.3, 0.4) is 0 Å². The van der Waals surface area contributed by atoms with Gasteiger partial charge in [-0.3, -0.25) is 9.69 Å². The highest BCUT2D eigenvalue weighted by Crippen LogP contribution is 2.32. The lowest BCUT2D eigenvalue weighted by Crippen LogP contribution is -2.39. The second-order valence-corrected chi connectivity index (χ2v) is 9.66. The van der Waals surface area contributed by atoms with Crippen LogP contribution in [0.15, 0.2) is 29.1 Å². The minimum Gasteiger partial charge on any atom is -0.494 e. The Morgan fingerprint density at radius 3 is 2.65 bits per heavy atom. The summed E-state index contributed by atoms with van der Waals surface area (Å²) in [5.41, 5.74) is 1.05. The summed E-state index contributed by atoms with van der Waals surface area (Å²) < 4.78 is 7.54. The van der Waals surface area contributed by atoms with E-state index in [-0.39, 0.29) is 29.7 Å². The van der Waals surface area contributed by atoms with Gasteiger partial charge < -0.3 is 14.8 Å². The van der Waals surface area contributed by atoms with E-state index in [1.54, 1.807) is 0 Å². The van der Waals surface area contributed by atoms with Crippen molar-refractivity contribution in [2.75, 3.05) is 19.8 Å². The van der Waals surface area contributed by atoms with Crippen LogP contribution in [0.5, 0.6) is 5.75 Å². The van der Waals surface area contributed by atoms with Crippen LogP contribution >= 0.6 is 0 Å². The molecular formula is C25H38N6O3. The maximum Gasteiger partial charge on any atom is 0.252 e. The quantitative estimate of drug-likeness (QED) is 0.416. The Balaban J connectivity index is 2.04. The summed E-state index contributed by atoms with van der Waals surface area (Å²) in [6, 6.07) is 7.48. The van der Waals surface area contributed by atoms with Gasteiger partial charge in [-0.15, -0.1) is 5.10 Å². The summed E-state index contributed by atoms with van der Waals surface area (Å²) in [7, 11) is 0. The van der Waals surface area contributed by atoms with E-state index in [9.17, 15) is 9.90 Å². The van der Waals surface area contributed by atoms with Crippen molar-refractivity contribution in [3.8, 4) is 5.75 Å². The zero-order valence-electron chi connectivity index (χ0n) is 21.2. The minimum atomic E-state index is -0.245. The molecule has 0 bridgehead atoms. The lowest BCUT2D eigenvalue weighted by Gasteiger charge is -2.35. The molecule has 0 spiro atoms. The van der Waals surface area contributed by atoms with Crippen LogP contribution in [0.4, 0.5) is 0 Å². The van der Waals surface area contributed by atoms with E-state index in [4.69, 9.17) is 4.74 Å². The van der Waals surface area contributed by atoms with Crippen LogP contribution in [0.2, 0.25) is 0 Å². The molecule has 3 aromatic rings. The molecule has 0 amide bonds. The van der Waals surface area contributed by atoms with Crippen molar-refractivity contribution in [2.24, 2.45) is 5.92 Å². The number of nitrogens with zero attached hydrogens (tertiary/aromatic N) is 5. The molecule has 0 saturated heterocycles. The molecule has 9 heteroatoms. The van der Waals surface area contributed by atoms with E-state index in [1.807, 2.05) is 35.9 Å². The molecule has 2 aromatic heterocycles. The molecule has 0 unspecified atom stereocenters. The molecule has 1 aromatic carbocycles. The normalized spacial score (nSPS) is 13.2. The number of pyridine rings is 1. The summed E-state index contributed by atoms with van der Waals surface area (Å²) >= 11 is 0. The number of benzene rings is 1. The Labute approximate surface area is 201 Å². The lowest BCUT2D eigenvalue weighted by atomic mass is 9.97. The first-order valence-corrected chi connectivity index (χ1v) is 12.1. The Hall–Kier alpha value is -2.78. The zero-order chi connectivity index (χ0) is 24.9. The van der Waals surface area contributed by atoms with Crippen molar-refractivity contribution in [2.45, 2.75) is 72.5 Å². The second kappa shape index (κ2) is 11.1. The SMILES string of the molecule is CCOc1ccc2[nH]c(=O)c(CN(CCCO)[C@H](c3nnnn3C(C)(C)CC)C(C)C)cc2c1. The van der Waals surface area contributed by atoms with Crippen LogP contribution in [-0.4, -0.2) is 55.0 Å². The molecule has 1 atom stereocenters. The highest BCUT2D eigenvalue weighted by molar-refractivity contribution is 5.80. The van der Waals surface area contributed by atoms with Gasteiger partial charge in [-0.1, -0.05) is 20.8 Å². The number of nitrogens with one attached hydrogen (secondary N) is 1. The van der Waals surface area contributed by atoms with E-state index < -0.39 is 0 Å². The smallest absolute Gasteiger partial charge is 0.252 e. The zero-order valence-corrected chi connectivity index (χ0v) is 21.2. The molecule has 0 fully saturated rings. The Bertz CT molecular complexity index is 1140. The number of rotatable bonds is 12. The molecule has 9 nitrogen and oxygen atoms in total. The highest BCUT2D eigenvalue weighted by Gasteiger charge is 2.33. The summed E-state index contributed by atoms with van der Waals surface area (Å²) in [6.07, 6.45) is 1.46. The molecule has 0 saturated carbocycles. The van der Waals surface area contributed by atoms with E-state index in [2.05, 4.69) is 60.0 Å². The van der Waals surface area contributed by atoms with Gasteiger partial charge in [-0.2, -0.15) is 0 Å². The fourth-order valence-electron chi connectivity index (χ4n) is 4.26. The minimum absolute atomic E-state index is 0.0680. The Morgan fingerprint density at radius 1 is 1.24 bits per heavy atom. The molecule has 0 radical (unpaired) electrons. The maximum absolute atomic E-state index is 13.0. The van der Waals surface area contributed by atoms with E-state index >= 15 is 0 Å². The number of fused-ring (bicyclic) bond motifs is 1. The van der Waals surface area contributed by atoms with Gasteiger partial charge in [0.05, 0.1) is 18.2 Å². The van der Waals surface area contributed by atoms with Gasteiger partial charge in [0, 0.05) is 36.2 Å². The van der Waals surface area contributed by atoms with Crippen molar-refractivity contribution < 1.29 is 9.84 Å². The molecule has 0 aliphatic heterocycles. The molecule has 2 N–H and O–H groups in total. The monoisotopic (exact) mass is 470 g/mol. The Morgan fingerprint density at radius 2 is 2.00 bits per heavy atom. The first kappa shape index (κ1) is 25.8. The number of aliphatic hydroxyl groups excluding tert-OH is 1. The first-order chi connectivity index (χ1) is 16.2. The van der Waals surface area contributed by atoms with Crippen LogP contribution < -0.4 is 10.3 Å². The summed E-state index contributed by atoms with van der Waals surface area (Å²) in [5, 5.41) is 23.2. The number of H-pyrrole nitrogens is 1. The Kier molecular flexibility index (Phi) is 8.43. The fourth-order valence-corrected chi connectivity index (χ4v) is 4.26. The van der Waals surface area contributed by atoms with Gasteiger partial charge in [-0.25, -0.2) is 4.68 Å². The van der Waals surface area contributed by atoms with Gasteiger partial charge >= 0.3 is 0 Å². The summed E-state index contributed by atoms with van der Waals surface area (Å²) in [6.45, 7) is 14.2. The number of aliphatic hydroxyl groups is 1. The topological polar surface area (TPSA) is 109 Å². The number of hydrogen-bond acceptors (Lipinski definition) is 7. The fraction of sp³-hybridized carbons (Fsp3) is 0.600. The third-order valence-corrected chi connectivity index (χ3v) is 6.40. The number of tetrazole rings is 1. The van der Waals surface area contributed by atoms with Crippen molar-refractivity contribution in [1.82, 2.24) is 30.1 Å². The molecule has 186 valence electrons. The van der Waals surface area contributed by atoms with Crippen molar-refractivity contribution in [3.63, 3.8) is 0 Å². The predicted octanol–water partition coefficient (Wildman–Crippen LogP) is 3.64. The maximum atomic E-state index is 13.0. The summed E-state index contributed by atoms with van der Waals surface area (Å²) in [4.78, 5) is 18.2. The van der Waals surface area contributed by atoms with Gasteiger partial charge in [0.1, 0.15) is 5.75 Å². The highest BCUT2D eigenvalue weighted by atomic mass is 16.5. The standard InChI is InChI=1S/C25H38N6O3/c1-7-25(5,6)31-23(27-28-29-31)22(17(3)4)30(12-9-13-32)16-19-14-18-15-20(34-8-2)10-11-21(18)26-24(19)33/h10-11,14-15,17,22,32H,7-9,12-13,16H2,1-6H3,(H,26,33)/t22-/m0/s1. The van der Waals surface area contributed by atoms with Gasteiger partial charge in [0.2, 0.25) is 0 Å². The van der Waals surface area contributed by atoms with Crippen LogP contribution in [0.1, 0.15) is 71.8 Å². The third kappa shape index (κ3) is 5.64. The van der Waals surface area contributed by atoms with E-state index in [0.717, 1.165) is 28.9 Å². The predicted molar refractivity (Wildman–Crippen MR) is 133 cm³/mol. The van der Waals surface area contributed by atoms with E-state index in [0.29, 0.717) is 31.7 Å². The number of aromatic nitrogens is 5. The molecule has 2 heterocycles. The molecule has 34 heavy (non-hydrogen) atoms. The summed E-state index contributed by atoms with van der Waals surface area (Å²) in [5.74, 6) is 1.72. The average molecular weight is 471 g/mol. The molecule has 3 rings (SSSR count). The second-order valence-electron chi connectivity index (χ2n) is 9.66. The van der Waals surface area contributed by atoms with Crippen molar-refractivity contribution in [3.05, 3.63) is 46.0 Å². The largest absolute Gasteiger partial charge is 0.494 e. The molecule has 0 aliphatic carbocycles. The van der Waals surface area contributed by atoms with Crippen LogP contribution in [-0.2, 0) is 12.1 Å². The van der Waals surface area contributed by atoms with Crippen molar-refractivity contribution in [1.29, 1.82) is 0 Å². The van der Waals surface area contributed by atoms with Gasteiger partial charge in [0.15, 0.2) is 5.82 Å². The lowest BCUT2D eigenvalue weighted by molar-refractivity contribution is 0.115. The van der Waals surface area contributed by atoms with Gasteiger partial charge in [-0.05, 0) is 74.2 Å². The number of hydrogen-bond donors (Lipinski definition) is 2. The van der Waals surface area contributed by atoms with Crippen LogP contribution in [0, 0.1) is 5.92 Å². The van der Waals surface area contributed by atoms with Gasteiger partial charge in [0.25, 0.3) is 5.56 Å².